The third-order valence-corrected chi connectivity index (χ3v) is 5.80. The number of thiazole rings is 1. The summed E-state index contributed by atoms with van der Waals surface area (Å²) in [5.41, 5.74) is -1.25. The second kappa shape index (κ2) is 7.91. The van der Waals surface area contributed by atoms with Crippen molar-refractivity contribution < 1.29 is 26.4 Å². The lowest BCUT2D eigenvalue weighted by Crippen LogP contribution is -2.27. The average Bonchev–Trinajstić information content (AvgIpc) is 2.91. The molecule has 0 saturated carbocycles. The summed E-state index contributed by atoms with van der Waals surface area (Å²) in [4.78, 5) is 15.4. The number of nitrogens with one attached hydrogen (secondary N) is 1. The fourth-order valence-electron chi connectivity index (χ4n) is 1.86. The molecule has 1 aromatic heterocycles. The molecule has 0 aliphatic heterocycles. The first kappa shape index (κ1) is 20.6. The number of carbonyl (C=O) groups is 1. The Labute approximate surface area is 156 Å². The van der Waals surface area contributed by atoms with E-state index in [0.29, 0.717) is 10.9 Å². The largest absolute Gasteiger partial charge is 0.417 e. The van der Waals surface area contributed by atoms with Crippen molar-refractivity contribution in [2.24, 2.45) is 12.0 Å². The van der Waals surface area contributed by atoms with Gasteiger partial charge in [0.15, 0.2) is 4.80 Å². The van der Waals surface area contributed by atoms with Crippen LogP contribution in [0.15, 0.2) is 39.7 Å². The van der Waals surface area contributed by atoms with Crippen molar-refractivity contribution in [2.45, 2.75) is 17.5 Å². The van der Waals surface area contributed by atoms with Gasteiger partial charge in [0.05, 0.1) is 15.5 Å². The minimum Gasteiger partial charge on any atom is -0.327 e. The van der Waals surface area contributed by atoms with Gasteiger partial charge in [-0.3, -0.25) is 4.79 Å². The van der Waals surface area contributed by atoms with Crippen LogP contribution in [0.4, 0.5) is 13.2 Å². The van der Waals surface area contributed by atoms with E-state index >= 15 is 0 Å². The first-order chi connectivity index (χ1) is 12.0. The van der Waals surface area contributed by atoms with Gasteiger partial charge in [-0.1, -0.05) is 11.6 Å². The van der Waals surface area contributed by atoms with E-state index in [2.05, 4.69) is 9.71 Å². The van der Waals surface area contributed by atoms with Gasteiger partial charge in [-0.2, -0.15) is 18.2 Å². The highest BCUT2D eigenvalue weighted by molar-refractivity contribution is 7.89. The Kier molecular flexibility index (Phi) is 6.27. The van der Waals surface area contributed by atoms with Crippen LogP contribution in [0.3, 0.4) is 0 Å². The number of sulfonamides is 1. The molecule has 2 rings (SSSR count). The number of amides is 1. The number of rotatable bonds is 5. The zero-order chi connectivity index (χ0) is 19.5. The highest BCUT2D eigenvalue weighted by atomic mass is 35.5. The van der Waals surface area contributed by atoms with Gasteiger partial charge in [-0.25, -0.2) is 13.1 Å². The van der Waals surface area contributed by atoms with Crippen molar-refractivity contribution in [1.82, 2.24) is 9.29 Å². The molecule has 1 N–H and O–H groups in total. The molecule has 26 heavy (non-hydrogen) atoms. The maximum Gasteiger partial charge on any atom is 0.417 e. The van der Waals surface area contributed by atoms with Crippen molar-refractivity contribution in [3.05, 3.63) is 45.2 Å². The molecule has 0 radical (unpaired) electrons. The lowest BCUT2D eigenvalue weighted by atomic mass is 10.2. The van der Waals surface area contributed by atoms with Crippen LogP contribution >= 0.6 is 22.9 Å². The fraction of sp³-hybridized carbons (Fsp3) is 0.286. The Morgan fingerprint density at radius 3 is 2.65 bits per heavy atom. The van der Waals surface area contributed by atoms with Crippen molar-refractivity contribution in [3.8, 4) is 0 Å². The third kappa shape index (κ3) is 5.16. The van der Waals surface area contributed by atoms with E-state index in [1.807, 2.05) is 0 Å². The molecule has 6 nitrogen and oxygen atoms in total. The number of benzene rings is 1. The maximum atomic E-state index is 12.8. The van der Waals surface area contributed by atoms with Gasteiger partial charge in [-0.05, 0) is 18.2 Å². The zero-order valence-corrected chi connectivity index (χ0v) is 15.6. The van der Waals surface area contributed by atoms with Crippen molar-refractivity contribution >= 4 is 38.9 Å². The Morgan fingerprint density at radius 2 is 2.08 bits per heavy atom. The SMILES string of the molecule is Cn1ccsc1=NC(=O)CCNS(=O)(=O)c1ccc(Cl)c(C(F)(F)F)c1. The summed E-state index contributed by atoms with van der Waals surface area (Å²) in [6.07, 6.45) is -3.32. The molecule has 0 saturated heterocycles. The second-order valence-electron chi connectivity index (χ2n) is 5.09. The first-order valence-electron chi connectivity index (χ1n) is 7.05. The predicted octanol–water partition coefficient (Wildman–Crippen LogP) is 2.55. The predicted molar refractivity (Wildman–Crippen MR) is 90.1 cm³/mol. The Hall–Kier alpha value is -1.69. The molecule has 142 valence electrons. The van der Waals surface area contributed by atoms with Gasteiger partial charge in [0.25, 0.3) is 0 Å². The molecular weight excluding hydrogens is 415 g/mol. The Morgan fingerprint density at radius 1 is 1.38 bits per heavy atom. The summed E-state index contributed by atoms with van der Waals surface area (Å²) in [6, 6.07) is 2.26. The summed E-state index contributed by atoms with van der Waals surface area (Å²) in [7, 11) is -2.53. The number of halogens is 4. The maximum absolute atomic E-state index is 12.8. The lowest BCUT2D eigenvalue weighted by molar-refractivity contribution is -0.137. The molecule has 1 amide bonds. The molecule has 0 aliphatic rings. The van der Waals surface area contributed by atoms with Gasteiger partial charge < -0.3 is 4.57 Å². The minimum atomic E-state index is -4.78. The van der Waals surface area contributed by atoms with Crippen LogP contribution in [0.5, 0.6) is 0 Å². The summed E-state index contributed by atoms with van der Waals surface area (Å²) in [6.45, 7) is -0.302. The third-order valence-electron chi connectivity index (χ3n) is 3.16. The molecule has 0 bridgehead atoms. The van der Waals surface area contributed by atoms with E-state index in [4.69, 9.17) is 11.6 Å². The Balaban J connectivity index is 2.08. The van der Waals surface area contributed by atoms with Crippen LogP contribution in [-0.2, 0) is 28.0 Å². The molecule has 0 spiro atoms. The molecule has 12 heteroatoms. The van der Waals surface area contributed by atoms with Crippen molar-refractivity contribution in [2.75, 3.05) is 6.54 Å². The van der Waals surface area contributed by atoms with Crippen LogP contribution in [0.2, 0.25) is 5.02 Å². The van der Waals surface area contributed by atoms with E-state index in [1.54, 1.807) is 23.2 Å². The topological polar surface area (TPSA) is 80.5 Å². The molecule has 1 aromatic carbocycles. The van der Waals surface area contributed by atoms with Crippen LogP contribution in [0.1, 0.15) is 12.0 Å². The highest BCUT2D eigenvalue weighted by Gasteiger charge is 2.34. The van der Waals surface area contributed by atoms with E-state index in [0.717, 1.165) is 12.1 Å². The Bertz CT molecular complexity index is 981. The highest BCUT2D eigenvalue weighted by Crippen LogP contribution is 2.35. The quantitative estimate of drug-likeness (QED) is 0.796. The molecule has 1 heterocycles. The summed E-state index contributed by atoms with van der Waals surface area (Å²) < 4.78 is 66.4. The number of aryl methyl sites for hydroxylation is 1. The van der Waals surface area contributed by atoms with Crippen LogP contribution in [0.25, 0.3) is 0 Å². The van der Waals surface area contributed by atoms with E-state index < -0.39 is 37.6 Å². The summed E-state index contributed by atoms with van der Waals surface area (Å²) >= 11 is 6.70. The van der Waals surface area contributed by atoms with Crippen LogP contribution < -0.4 is 9.52 Å². The number of alkyl halides is 3. The van der Waals surface area contributed by atoms with Gasteiger partial charge >= 0.3 is 6.18 Å². The number of carbonyl (C=O) groups excluding carboxylic acids is 1. The molecule has 0 atom stereocenters. The average molecular weight is 428 g/mol. The summed E-state index contributed by atoms with van der Waals surface area (Å²) in [5, 5.41) is 1.13. The standard InChI is InChI=1S/C14H13ClF3N3O3S2/c1-21-6-7-25-13(21)20-12(22)4-5-19-26(23,24)9-2-3-11(15)10(8-9)14(16,17)18/h2-3,6-8,19H,4-5H2,1H3. The van der Waals surface area contributed by atoms with Crippen molar-refractivity contribution in [1.29, 1.82) is 0 Å². The molecule has 2 aromatic rings. The number of aromatic nitrogens is 1. The number of nitrogens with zero attached hydrogens (tertiary/aromatic N) is 2. The number of hydrogen-bond acceptors (Lipinski definition) is 4. The van der Waals surface area contributed by atoms with Crippen LogP contribution in [-0.4, -0.2) is 25.4 Å². The van der Waals surface area contributed by atoms with Gasteiger partial charge in [0, 0.05) is 31.6 Å². The molecule has 0 fully saturated rings. The normalized spacial score (nSPS) is 13.2. The van der Waals surface area contributed by atoms with Gasteiger partial charge in [0.1, 0.15) is 0 Å². The molecule has 0 aliphatic carbocycles. The number of hydrogen-bond donors (Lipinski definition) is 1. The minimum absolute atomic E-state index is 0.239. The lowest BCUT2D eigenvalue weighted by Gasteiger charge is -2.11. The molecule has 0 unspecified atom stereocenters. The van der Waals surface area contributed by atoms with Gasteiger partial charge in [0.2, 0.25) is 15.9 Å². The zero-order valence-electron chi connectivity index (χ0n) is 13.2. The summed E-state index contributed by atoms with van der Waals surface area (Å²) in [5.74, 6) is -0.558. The van der Waals surface area contributed by atoms with E-state index in [9.17, 15) is 26.4 Å². The fourth-order valence-corrected chi connectivity index (χ4v) is 3.89. The van der Waals surface area contributed by atoms with Crippen molar-refractivity contribution in [3.63, 3.8) is 0 Å². The second-order valence-corrected chi connectivity index (χ2v) is 8.14. The monoisotopic (exact) mass is 427 g/mol. The first-order valence-corrected chi connectivity index (χ1v) is 9.79. The molecular formula is C14H13ClF3N3O3S2. The van der Waals surface area contributed by atoms with E-state index in [-0.39, 0.29) is 13.0 Å². The van der Waals surface area contributed by atoms with Crippen LogP contribution in [0, 0.1) is 0 Å². The van der Waals surface area contributed by atoms with Gasteiger partial charge in [-0.15, -0.1) is 11.3 Å². The smallest absolute Gasteiger partial charge is 0.327 e. The van der Waals surface area contributed by atoms with E-state index in [1.165, 1.54) is 11.3 Å².